The fraction of sp³-hybridized carbons (Fsp3) is 0.500. The van der Waals surface area contributed by atoms with Crippen LogP contribution in [0.4, 0.5) is 5.13 Å². The molecule has 0 spiro atoms. The van der Waals surface area contributed by atoms with Crippen LogP contribution in [-0.2, 0) is 11.2 Å². The van der Waals surface area contributed by atoms with Crippen molar-refractivity contribution in [2.24, 2.45) is 0 Å². The second-order valence-corrected chi connectivity index (χ2v) is 3.70. The summed E-state index contributed by atoms with van der Waals surface area (Å²) in [4.78, 5) is 15.9. The van der Waals surface area contributed by atoms with E-state index in [9.17, 15) is 4.79 Å². The van der Waals surface area contributed by atoms with Crippen LogP contribution >= 0.6 is 11.3 Å². The molecule has 0 saturated heterocycles. The molecule has 0 saturated carbocycles. The zero-order valence-electron chi connectivity index (χ0n) is 7.41. The summed E-state index contributed by atoms with van der Waals surface area (Å²) in [5, 5.41) is 11.5. The van der Waals surface area contributed by atoms with Crippen molar-refractivity contribution in [1.82, 2.24) is 4.98 Å². The van der Waals surface area contributed by atoms with Crippen LogP contribution < -0.4 is 5.32 Å². The molecule has 0 aromatic carbocycles. The maximum absolute atomic E-state index is 10.8. The van der Waals surface area contributed by atoms with Gasteiger partial charge in [-0.3, -0.25) is 10.1 Å². The molecule has 0 aliphatic heterocycles. The number of anilines is 1. The number of aromatic nitrogens is 1. The van der Waals surface area contributed by atoms with Crippen molar-refractivity contribution in [3.8, 4) is 0 Å². The first-order valence-electron chi connectivity index (χ1n) is 4.11. The lowest BCUT2D eigenvalue weighted by atomic mass is 10.3. The van der Waals surface area contributed by atoms with Crippen LogP contribution in [0, 0.1) is 0 Å². The highest BCUT2D eigenvalue weighted by Crippen LogP contribution is 2.18. The summed E-state index contributed by atoms with van der Waals surface area (Å²) in [7, 11) is 0. The van der Waals surface area contributed by atoms with Gasteiger partial charge >= 0.3 is 0 Å². The molecule has 5 heteroatoms. The van der Waals surface area contributed by atoms with Crippen LogP contribution in [0.15, 0.2) is 6.20 Å². The summed E-state index contributed by atoms with van der Waals surface area (Å²) in [6.45, 7) is 1.59. The molecule has 1 aromatic rings. The molecule has 72 valence electrons. The maximum Gasteiger partial charge on any atom is 0.251 e. The van der Waals surface area contributed by atoms with Gasteiger partial charge in [0.15, 0.2) is 5.13 Å². The Labute approximate surface area is 80.6 Å². The van der Waals surface area contributed by atoms with E-state index < -0.39 is 12.5 Å². The van der Waals surface area contributed by atoms with E-state index in [2.05, 4.69) is 17.2 Å². The van der Waals surface area contributed by atoms with Gasteiger partial charge in [-0.15, -0.1) is 11.3 Å². The van der Waals surface area contributed by atoms with Crippen molar-refractivity contribution < 1.29 is 9.90 Å². The fourth-order valence-electron chi connectivity index (χ4n) is 0.886. The topological polar surface area (TPSA) is 62.2 Å². The number of aliphatic hydroxyl groups is 1. The van der Waals surface area contributed by atoms with Gasteiger partial charge in [0.25, 0.3) is 5.91 Å². The molecular formula is C8H12N2O2S. The predicted octanol–water partition coefficient (Wildman–Crippen LogP) is 1.03. The lowest BCUT2D eigenvalue weighted by Gasteiger charge is -1.95. The molecule has 0 atom stereocenters. The molecule has 1 heterocycles. The molecule has 0 radical (unpaired) electrons. The van der Waals surface area contributed by atoms with E-state index in [4.69, 9.17) is 5.11 Å². The lowest BCUT2D eigenvalue weighted by molar-refractivity contribution is -0.118. The predicted molar refractivity (Wildman–Crippen MR) is 51.8 cm³/mol. The Kier molecular flexibility index (Phi) is 3.85. The number of carbonyl (C=O) groups excluding carboxylic acids is 1. The highest BCUT2D eigenvalue weighted by molar-refractivity contribution is 7.15. The minimum atomic E-state index is -0.497. The Bertz CT molecular complexity index is 285. The van der Waals surface area contributed by atoms with Crippen molar-refractivity contribution in [2.75, 3.05) is 11.9 Å². The van der Waals surface area contributed by atoms with Gasteiger partial charge in [0.2, 0.25) is 0 Å². The molecule has 0 unspecified atom stereocenters. The second kappa shape index (κ2) is 4.94. The Morgan fingerprint density at radius 1 is 1.77 bits per heavy atom. The number of aliphatic hydroxyl groups excluding tert-OH is 1. The molecule has 2 N–H and O–H groups in total. The number of amides is 1. The van der Waals surface area contributed by atoms with E-state index in [0.29, 0.717) is 5.13 Å². The Balaban J connectivity index is 2.53. The van der Waals surface area contributed by atoms with Crippen molar-refractivity contribution in [3.05, 3.63) is 11.1 Å². The summed E-state index contributed by atoms with van der Waals surface area (Å²) in [6.07, 6.45) is 3.80. The standard InChI is InChI=1S/C8H12N2O2S/c1-2-3-6-4-9-8(13-6)10-7(12)5-11/h4,11H,2-3,5H2,1H3,(H,9,10,12). The molecule has 0 bridgehead atoms. The lowest BCUT2D eigenvalue weighted by Crippen LogP contribution is -2.14. The average Bonchev–Trinajstić information content (AvgIpc) is 2.53. The summed E-state index contributed by atoms with van der Waals surface area (Å²) in [6, 6.07) is 0. The van der Waals surface area contributed by atoms with Crippen LogP contribution in [0.3, 0.4) is 0 Å². The summed E-state index contributed by atoms with van der Waals surface area (Å²) < 4.78 is 0. The van der Waals surface area contributed by atoms with E-state index in [1.54, 1.807) is 6.20 Å². The zero-order chi connectivity index (χ0) is 9.68. The molecule has 0 aliphatic carbocycles. The molecule has 1 rings (SSSR count). The smallest absolute Gasteiger partial charge is 0.251 e. The normalized spacial score (nSPS) is 10.0. The number of nitrogens with zero attached hydrogens (tertiary/aromatic N) is 1. The van der Waals surface area contributed by atoms with Crippen LogP contribution in [0.5, 0.6) is 0 Å². The maximum atomic E-state index is 10.8. The van der Waals surface area contributed by atoms with Crippen molar-refractivity contribution in [2.45, 2.75) is 19.8 Å². The van der Waals surface area contributed by atoms with E-state index in [-0.39, 0.29) is 0 Å². The Morgan fingerprint density at radius 3 is 3.15 bits per heavy atom. The fourth-order valence-corrected chi connectivity index (χ4v) is 1.82. The second-order valence-electron chi connectivity index (χ2n) is 2.59. The molecule has 1 amide bonds. The quantitative estimate of drug-likeness (QED) is 0.763. The third kappa shape index (κ3) is 3.12. The third-order valence-electron chi connectivity index (χ3n) is 1.44. The SMILES string of the molecule is CCCc1cnc(NC(=O)CO)s1. The summed E-state index contributed by atoms with van der Waals surface area (Å²) >= 11 is 1.45. The molecule has 13 heavy (non-hydrogen) atoms. The zero-order valence-corrected chi connectivity index (χ0v) is 8.23. The molecule has 0 fully saturated rings. The largest absolute Gasteiger partial charge is 0.387 e. The first kappa shape index (κ1) is 10.1. The number of rotatable bonds is 4. The van der Waals surface area contributed by atoms with E-state index in [1.807, 2.05) is 0 Å². The monoisotopic (exact) mass is 200 g/mol. The Hall–Kier alpha value is -0.940. The highest BCUT2D eigenvalue weighted by Gasteiger charge is 2.04. The number of nitrogens with one attached hydrogen (secondary N) is 1. The molecular weight excluding hydrogens is 188 g/mol. The number of thiazole rings is 1. The minimum Gasteiger partial charge on any atom is -0.387 e. The van der Waals surface area contributed by atoms with Gasteiger partial charge in [-0.25, -0.2) is 4.98 Å². The van der Waals surface area contributed by atoms with Crippen molar-refractivity contribution in [3.63, 3.8) is 0 Å². The van der Waals surface area contributed by atoms with Gasteiger partial charge in [-0.2, -0.15) is 0 Å². The average molecular weight is 200 g/mol. The van der Waals surface area contributed by atoms with Crippen LogP contribution in [0.2, 0.25) is 0 Å². The first-order valence-corrected chi connectivity index (χ1v) is 4.93. The van der Waals surface area contributed by atoms with E-state index in [0.717, 1.165) is 17.7 Å². The van der Waals surface area contributed by atoms with Gasteiger partial charge in [0.1, 0.15) is 6.61 Å². The Morgan fingerprint density at radius 2 is 2.54 bits per heavy atom. The summed E-state index contributed by atoms with van der Waals surface area (Å²) in [5.74, 6) is -0.419. The van der Waals surface area contributed by atoms with Gasteiger partial charge in [0, 0.05) is 11.1 Å². The van der Waals surface area contributed by atoms with Crippen LogP contribution in [0.25, 0.3) is 0 Å². The van der Waals surface area contributed by atoms with Crippen LogP contribution in [0.1, 0.15) is 18.2 Å². The summed E-state index contributed by atoms with van der Waals surface area (Å²) in [5.41, 5.74) is 0. The molecule has 0 aliphatic rings. The number of hydrogen-bond acceptors (Lipinski definition) is 4. The number of hydrogen-bond donors (Lipinski definition) is 2. The highest BCUT2D eigenvalue weighted by atomic mass is 32.1. The van der Waals surface area contributed by atoms with Crippen LogP contribution in [-0.4, -0.2) is 22.6 Å². The van der Waals surface area contributed by atoms with Gasteiger partial charge in [-0.1, -0.05) is 13.3 Å². The third-order valence-corrected chi connectivity index (χ3v) is 2.41. The van der Waals surface area contributed by atoms with Gasteiger partial charge in [0.05, 0.1) is 0 Å². The number of aryl methyl sites for hydroxylation is 1. The molecule has 4 nitrogen and oxygen atoms in total. The first-order chi connectivity index (χ1) is 6.26. The number of carbonyl (C=O) groups is 1. The minimum absolute atomic E-state index is 0.419. The van der Waals surface area contributed by atoms with E-state index in [1.165, 1.54) is 11.3 Å². The van der Waals surface area contributed by atoms with Gasteiger partial charge in [-0.05, 0) is 6.42 Å². The van der Waals surface area contributed by atoms with Crippen molar-refractivity contribution >= 4 is 22.4 Å². The van der Waals surface area contributed by atoms with Gasteiger partial charge < -0.3 is 5.11 Å². The molecule has 1 aromatic heterocycles. The van der Waals surface area contributed by atoms with E-state index >= 15 is 0 Å². The van der Waals surface area contributed by atoms with Crippen molar-refractivity contribution in [1.29, 1.82) is 0 Å².